The lowest BCUT2D eigenvalue weighted by molar-refractivity contribution is -0.115. The van der Waals surface area contributed by atoms with E-state index in [2.05, 4.69) is 22.4 Å². The molecule has 0 saturated heterocycles. The molecular formula is C21H20N2OS. The van der Waals surface area contributed by atoms with E-state index in [0.29, 0.717) is 6.42 Å². The highest BCUT2D eigenvalue weighted by atomic mass is 32.2. The van der Waals surface area contributed by atoms with Gasteiger partial charge in [0, 0.05) is 23.8 Å². The molecule has 1 N–H and O–H groups in total. The minimum atomic E-state index is -0.164. The Kier molecular flexibility index (Phi) is 6.23. The van der Waals surface area contributed by atoms with Crippen molar-refractivity contribution in [2.24, 2.45) is 0 Å². The summed E-state index contributed by atoms with van der Waals surface area (Å²) < 4.78 is 0. The van der Waals surface area contributed by atoms with E-state index in [9.17, 15) is 4.79 Å². The zero-order valence-corrected chi connectivity index (χ0v) is 14.7. The molecule has 0 aliphatic heterocycles. The van der Waals surface area contributed by atoms with Gasteiger partial charge in [-0.1, -0.05) is 54.6 Å². The third-order valence-electron chi connectivity index (χ3n) is 3.77. The largest absolute Gasteiger partial charge is 0.325 e. The maximum absolute atomic E-state index is 12.8. The molecule has 126 valence electrons. The van der Waals surface area contributed by atoms with Crippen LogP contribution in [0.1, 0.15) is 11.1 Å². The summed E-state index contributed by atoms with van der Waals surface area (Å²) in [5, 5.41) is 2.86. The molecule has 3 aromatic rings. The summed E-state index contributed by atoms with van der Waals surface area (Å²) in [6, 6.07) is 23.7. The summed E-state index contributed by atoms with van der Waals surface area (Å²) in [5.74, 6) is 0.789. The molecule has 0 radical (unpaired) electrons. The number of hydrogen-bond acceptors (Lipinski definition) is 3. The number of nitrogens with one attached hydrogen (secondary N) is 1. The molecule has 25 heavy (non-hydrogen) atoms. The van der Waals surface area contributed by atoms with Gasteiger partial charge in [0.15, 0.2) is 0 Å². The van der Waals surface area contributed by atoms with E-state index in [1.54, 1.807) is 18.0 Å². The first kappa shape index (κ1) is 17.2. The van der Waals surface area contributed by atoms with E-state index in [4.69, 9.17) is 0 Å². The predicted molar refractivity (Wildman–Crippen MR) is 105 cm³/mol. The normalized spacial score (nSPS) is 11.7. The quantitative estimate of drug-likeness (QED) is 0.680. The number of nitrogens with zero attached hydrogens (tertiary/aromatic N) is 1. The molecule has 0 spiro atoms. The molecule has 0 saturated carbocycles. The van der Waals surface area contributed by atoms with Crippen LogP contribution in [0.2, 0.25) is 0 Å². The fourth-order valence-electron chi connectivity index (χ4n) is 2.48. The monoisotopic (exact) mass is 348 g/mol. The van der Waals surface area contributed by atoms with Crippen molar-refractivity contribution in [3.8, 4) is 0 Å². The van der Waals surface area contributed by atoms with Crippen molar-refractivity contribution in [1.29, 1.82) is 0 Å². The maximum Gasteiger partial charge on any atom is 0.237 e. The SMILES string of the molecule is O=C(Nc1ccccc1)C(Cc1ccccc1)SCc1cccnc1. The van der Waals surface area contributed by atoms with Crippen LogP contribution in [0.4, 0.5) is 5.69 Å². The third kappa shape index (κ3) is 5.47. The molecule has 3 nitrogen and oxygen atoms in total. The van der Waals surface area contributed by atoms with Gasteiger partial charge < -0.3 is 5.32 Å². The Balaban J connectivity index is 1.70. The van der Waals surface area contributed by atoms with E-state index >= 15 is 0 Å². The molecule has 2 aromatic carbocycles. The summed E-state index contributed by atoms with van der Waals surface area (Å²) in [5.41, 5.74) is 3.11. The van der Waals surface area contributed by atoms with Gasteiger partial charge in [-0.05, 0) is 35.7 Å². The fourth-order valence-corrected chi connectivity index (χ4v) is 3.57. The number of para-hydroxylation sites is 1. The number of anilines is 1. The number of pyridine rings is 1. The average Bonchev–Trinajstić information content (AvgIpc) is 2.67. The standard InChI is InChI=1S/C21H20N2OS/c24-21(23-19-11-5-2-6-12-19)20(14-17-8-3-1-4-9-17)25-16-18-10-7-13-22-15-18/h1-13,15,20H,14,16H2,(H,23,24). The number of carbonyl (C=O) groups is 1. The highest BCUT2D eigenvalue weighted by Crippen LogP contribution is 2.23. The minimum absolute atomic E-state index is 0.0314. The molecule has 0 aliphatic rings. The average molecular weight is 348 g/mol. The summed E-state index contributed by atoms with van der Waals surface area (Å²) in [6.07, 6.45) is 4.31. The number of hydrogen-bond donors (Lipinski definition) is 1. The Morgan fingerprint density at radius 2 is 1.60 bits per heavy atom. The zero-order valence-electron chi connectivity index (χ0n) is 13.8. The first-order valence-electron chi connectivity index (χ1n) is 8.21. The summed E-state index contributed by atoms with van der Waals surface area (Å²) in [4.78, 5) is 16.9. The molecule has 0 aliphatic carbocycles. The number of aromatic nitrogens is 1. The molecule has 1 heterocycles. The molecule has 0 fully saturated rings. The molecule has 1 amide bonds. The maximum atomic E-state index is 12.8. The van der Waals surface area contributed by atoms with E-state index in [-0.39, 0.29) is 11.2 Å². The first-order chi connectivity index (χ1) is 12.3. The van der Waals surface area contributed by atoms with Gasteiger partial charge in [0.25, 0.3) is 0 Å². The second-order valence-corrected chi connectivity index (χ2v) is 6.90. The molecule has 1 unspecified atom stereocenters. The second kappa shape index (κ2) is 9.04. The number of benzene rings is 2. The van der Waals surface area contributed by atoms with E-state index < -0.39 is 0 Å². The van der Waals surface area contributed by atoms with Crippen LogP contribution in [0.15, 0.2) is 85.2 Å². The number of amides is 1. The van der Waals surface area contributed by atoms with Gasteiger partial charge in [-0.3, -0.25) is 9.78 Å². The summed E-state index contributed by atoms with van der Waals surface area (Å²) in [6.45, 7) is 0. The van der Waals surface area contributed by atoms with Gasteiger partial charge >= 0.3 is 0 Å². The Morgan fingerprint density at radius 3 is 2.28 bits per heavy atom. The molecule has 1 atom stereocenters. The Bertz CT molecular complexity index is 779. The van der Waals surface area contributed by atoms with Crippen LogP contribution in [0.25, 0.3) is 0 Å². The van der Waals surface area contributed by atoms with Gasteiger partial charge in [0.1, 0.15) is 0 Å². The number of carbonyl (C=O) groups excluding carboxylic acids is 1. The van der Waals surface area contributed by atoms with Crippen LogP contribution >= 0.6 is 11.8 Å². The molecule has 3 rings (SSSR count). The summed E-state index contributed by atoms with van der Waals surface area (Å²) >= 11 is 1.64. The van der Waals surface area contributed by atoms with Crippen molar-refractivity contribution < 1.29 is 4.79 Å². The topological polar surface area (TPSA) is 42.0 Å². The van der Waals surface area contributed by atoms with Gasteiger partial charge in [0.2, 0.25) is 5.91 Å². The number of rotatable bonds is 7. The molecule has 0 bridgehead atoms. The fraction of sp³-hybridized carbons (Fsp3) is 0.143. The van der Waals surface area contributed by atoms with Gasteiger partial charge in [-0.25, -0.2) is 0 Å². The highest BCUT2D eigenvalue weighted by molar-refractivity contribution is 7.99. The Labute approximate surface area is 152 Å². The van der Waals surface area contributed by atoms with E-state index in [1.807, 2.05) is 66.9 Å². The summed E-state index contributed by atoms with van der Waals surface area (Å²) in [7, 11) is 0. The van der Waals surface area contributed by atoms with Crippen molar-refractivity contribution in [3.05, 3.63) is 96.3 Å². The minimum Gasteiger partial charge on any atom is -0.325 e. The Hall–Kier alpha value is -2.59. The Morgan fingerprint density at radius 1 is 0.920 bits per heavy atom. The second-order valence-electron chi connectivity index (χ2n) is 5.71. The van der Waals surface area contributed by atoms with Crippen LogP contribution < -0.4 is 5.32 Å². The zero-order chi connectivity index (χ0) is 17.3. The van der Waals surface area contributed by atoms with Crippen LogP contribution in [0, 0.1) is 0 Å². The van der Waals surface area contributed by atoms with Gasteiger partial charge in [-0.15, -0.1) is 11.8 Å². The third-order valence-corrected chi connectivity index (χ3v) is 5.05. The smallest absolute Gasteiger partial charge is 0.237 e. The van der Waals surface area contributed by atoms with Crippen molar-refractivity contribution in [1.82, 2.24) is 4.98 Å². The van der Waals surface area contributed by atoms with E-state index in [0.717, 1.165) is 22.6 Å². The molecule has 4 heteroatoms. The van der Waals surface area contributed by atoms with Crippen molar-refractivity contribution >= 4 is 23.4 Å². The van der Waals surface area contributed by atoms with Crippen LogP contribution in [0.5, 0.6) is 0 Å². The number of thioether (sulfide) groups is 1. The first-order valence-corrected chi connectivity index (χ1v) is 9.26. The highest BCUT2D eigenvalue weighted by Gasteiger charge is 2.20. The van der Waals surface area contributed by atoms with Crippen molar-refractivity contribution in [3.63, 3.8) is 0 Å². The molecular weight excluding hydrogens is 328 g/mol. The lowest BCUT2D eigenvalue weighted by Crippen LogP contribution is -2.27. The van der Waals surface area contributed by atoms with Gasteiger partial charge in [-0.2, -0.15) is 0 Å². The van der Waals surface area contributed by atoms with Crippen molar-refractivity contribution in [2.75, 3.05) is 5.32 Å². The van der Waals surface area contributed by atoms with Gasteiger partial charge in [0.05, 0.1) is 5.25 Å². The lowest BCUT2D eigenvalue weighted by Gasteiger charge is -2.17. The molecule has 1 aromatic heterocycles. The van der Waals surface area contributed by atoms with Crippen LogP contribution in [0.3, 0.4) is 0 Å². The van der Waals surface area contributed by atoms with Crippen LogP contribution in [-0.4, -0.2) is 16.1 Å². The van der Waals surface area contributed by atoms with E-state index in [1.165, 1.54) is 0 Å². The van der Waals surface area contributed by atoms with Crippen LogP contribution in [-0.2, 0) is 17.0 Å². The van der Waals surface area contributed by atoms with Crippen molar-refractivity contribution in [2.45, 2.75) is 17.4 Å². The predicted octanol–water partition coefficient (Wildman–Crippen LogP) is 4.56. The lowest BCUT2D eigenvalue weighted by atomic mass is 10.1.